The number of piperidine rings is 1. The molecule has 1 aliphatic rings. The molecular formula is C18H34IN5OS. The molecule has 1 fully saturated rings. The molecule has 0 radical (unpaired) electrons. The summed E-state index contributed by atoms with van der Waals surface area (Å²) in [5, 5.41) is 10.3. The highest BCUT2D eigenvalue weighted by Crippen LogP contribution is 2.12. The van der Waals surface area contributed by atoms with Crippen LogP contribution in [0.4, 0.5) is 0 Å². The summed E-state index contributed by atoms with van der Waals surface area (Å²) >= 11 is 1.72. The summed E-state index contributed by atoms with van der Waals surface area (Å²) in [5.74, 6) is 0.909. The SMILES string of the molecule is CCNC(=NCc1csc(CC)n1)NC1CCN(CCCOC)CC1.I. The summed E-state index contributed by atoms with van der Waals surface area (Å²) in [6.07, 6.45) is 4.43. The van der Waals surface area contributed by atoms with E-state index in [1.54, 1.807) is 18.4 Å². The molecule has 0 saturated carbocycles. The van der Waals surface area contributed by atoms with Gasteiger partial charge in [-0.3, -0.25) is 0 Å². The molecule has 0 bridgehead atoms. The van der Waals surface area contributed by atoms with Crippen molar-refractivity contribution in [2.45, 2.75) is 52.1 Å². The molecular weight excluding hydrogens is 461 g/mol. The van der Waals surface area contributed by atoms with E-state index in [1.165, 1.54) is 5.01 Å². The molecule has 1 aromatic rings. The Labute approximate surface area is 179 Å². The lowest BCUT2D eigenvalue weighted by Crippen LogP contribution is -2.48. The first-order valence-electron chi connectivity index (χ1n) is 9.44. The van der Waals surface area contributed by atoms with Crippen LogP contribution in [0, 0.1) is 0 Å². The van der Waals surface area contributed by atoms with Crippen molar-refractivity contribution in [1.29, 1.82) is 0 Å². The van der Waals surface area contributed by atoms with Gasteiger partial charge < -0.3 is 20.3 Å². The van der Waals surface area contributed by atoms with Crippen LogP contribution in [0.5, 0.6) is 0 Å². The van der Waals surface area contributed by atoms with Crippen LogP contribution in [0.1, 0.15) is 43.8 Å². The number of nitrogens with zero attached hydrogens (tertiary/aromatic N) is 3. The second-order valence-electron chi connectivity index (χ2n) is 6.39. The van der Waals surface area contributed by atoms with Gasteiger partial charge in [-0.05, 0) is 32.6 Å². The first-order valence-corrected chi connectivity index (χ1v) is 10.3. The van der Waals surface area contributed by atoms with E-state index < -0.39 is 0 Å². The van der Waals surface area contributed by atoms with Crippen molar-refractivity contribution in [3.05, 3.63) is 16.1 Å². The Balaban J connectivity index is 0.00000338. The van der Waals surface area contributed by atoms with Gasteiger partial charge in [-0.15, -0.1) is 35.3 Å². The Morgan fingerprint density at radius 1 is 1.38 bits per heavy atom. The third kappa shape index (κ3) is 8.49. The summed E-state index contributed by atoms with van der Waals surface area (Å²) in [6, 6.07) is 0.498. The Bertz CT molecular complexity index is 517. The first-order chi connectivity index (χ1) is 12.2. The van der Waals surface area contributed by atoms with Crippen molar-refractivity contribution in [2.24, 2.45) is 4.99 Å². The van der Waals surface area contributed by atoms with Gasteiger partial charge in [-0.2, -0.15) is 0 Å². The van der Waals surface area contributed by atoms with Crippen molar-refractivity contribution in [3.63, 3.8) is 0 Å². The standard InChI is InChI=1S/C18H33N5OS.HI/c1-4-17-21-16(14-25-17)13-20-18(19-5-2)22-15-7-10-23(11-8-15)9-6-12-24-3;/h14-15H,4-13H2,1-3H3,(H2,19,20,22);1H. The zero-order valence-corrected chi connectivity index (χ0v) is 19.4. The molecule has 26 heavy (non-hydrogen) atoms. The van der Waals surface area contributed by atoms with Crippen LogP contribution < -0.4 is 10.6 Å². The largest absolute Gasteiger partial charge is 0.385 e. The number of methoxy groups -OCH3 is 1. The number of rotatable bonds is 9. The van der Waals surface area contributed by atoms with Gasteiger partial charge in [0, 0.05) is 51.3 Å². The fourth-order valence-electron chi connectivity index (χ4n) is 2.99. The minimum absolute atomic E-state index is 0. The van der Waals surface area contributed by atoms with E-state index in [9.17, 15) is 0 Å². The second kappa shape index (κ2) is 13.7. The Morgan fingerprint density at radius 2 is 2.15 bits per heavy atom. The van der Waals surface area contributed by atoms with Gasteiger partial charge in [0.15, 0.2) is 5.96 Å². The molecule has 1 saturated heterocycles. The molecule has 0 spiro atoms. The lowest BCUT2D eigenvalue weighted by molar-refractivity contribution is 0.155. The van der Waals surface area contributed by atoms with E-state index in [4.69, 9.17) is 9.73 Å². The summed E-state index contributed by atoms with van der Waals surface area (Å²) in [4.78, 5) is 11.8. The number of nitrogens with one attached hydrogen (secondary N) is 2. The summed E-state index contributed by atoms with van der Waals surface area (Å²) in [7, 11) is 1.77. The molecule has 1 aliphatic heterocycles. The highest BCUT2D eigenvalue weighted by atomic mass is 127. The lowest BCUT2D eigenvalue weighted by Gasteiger charge is -2.33. The van der Waals surface area contributed by atoms with Crippen molar-refractivity contribution in [1.82, 2.24) is 20.5 Å². The van der Waals surface area contributed by atoms with Gasteiger partial charge in [0.1, 0.15) is 0 Å². The average molecular weight is 495 g/mol. The highest BCUT2D eigenvalue weighted by Gasteiger charge is 2.19. The van der Waals surface area contributed by atoms with Crippen LogP contribution in [-0.4, -0.2) is 61.8 Å². The summed E-state index contributed by atoms with van der Waals surface area (Å²) in [5.41, 5.74) is 1.06. The number of aryl methyl sites for hydroxylation is 1. The predicted molar refractivity (Wildman–Crippen MR) is 121 cm³/mol. The van der Waals surface area contributed by atoms with Crippen LogP contribution >= 0.6 is 35.3 Å². The van der Waals surface area contributed by atoms with E-state index in [2.05, 4.69) is 39.7 Å². The minimum atomic E-state index is 0. The maximum absolute atomic E-state index is 5.14. The molecule has 2 rings (SSSR count). The maximum atomic E-state index is 5.14. The molecule has 0 amide bonds. The maximum Gasteiger partial charge on any atom is 0.191 e. The first kappa shape index (κ1) is 23.6. The number of hydrogen-bond donors (Lipinski definition) is 2. The predicted octanol–water partition coefficient (Wildman–Crippen LogP) is 2.88. The molecule has 0 atom stereocenters. The monoisotopic (exact) mass is 495 g/mol. The zero-order chi connectivity index (χ0) is 17.9. The number of aliphatic imine (C=N–C) groups is 1. The third-order valence-electron chi connectivity index (χ3n) is 4.40. The Morgan fingerprint density at radius 3 is 2.77 bits per heavy atom. The van der Waals surface area contributed by atoms with Gasteiger partial charge in [-0.25, -0.2) is 9.98 Å². The molecule has 8 heteroatoms. The van der Waals surface area contributed by atoms with Crippen LogP contribution in [0.2, 0.25) is 0 Å². The molecule has 2 N–H and O–H groups in total. The van der Waals surface area contributed by atoms with Crippen molar-refractivity contribution < 1.29 is 4.74 Å². The lowest BCUT2D eigenvalue weighted by atomic mass is 10.1. The van der Waals surface area contributed by atoms with Gasteiger partial charge in [0.2, 0.25) is 0 Å². The quantitative estimate of drug-likeness (QED) is 0.239. The number of thiazole rings is 1. The van der Waals surface area contributed by atoms with Crippen LogP contribution in [0.15, 0.2) is 10.4 Å². The molecule has 1 aromatic heterocycles. The van der Waals surface area contributed by atoms with E-state index in [1.807, 2.05) is 0 Å². The van der Waals surface area contributed by atoms with Gasteiger partial charge in [0.25, 0.3) is 0 Å². The third-order valence-corrected chi connectivity index (χ3v) is 5.44. The molecule has 0 aliphatic carbocycles. The molecule has 0 aromatic carbocycles. The molecule has 6 nitrogen and oxygen atoms in total. The second-order valence-corrected chi connectivity index (χ2v) is 7.33. The van der Waals surface area contributed by atoms with E-state index >= 15 is 0 Å². The smallest absolute Gasteiger partial charge is 0.191 e. The van der Waals surface area contributed by atoms with Crippen LogP contribution in [0.25, 0.3) is 0 Å². The van der Waals surface area contributed by atoms with E-state index in [0.717, 1.165) is 70.1 Å². The Kier molecular flexibility index (Phi) is 12.4. The number of halogens is 1. The fourth-order valence-corrected chi connectivity index (χ4v) is 3.73. The zero-order valence-electron chi connectivity index (χ0n) is 16.3. The number of hydrogen-bond acceptors (Lipinski definition) is 5. The van der Waals surface area contributed by atoms with E-state index in [0.29, 0.717) is 12.6 Å². The number of likely N-dealkylation sites (tertiary alicyclic amines) is 1. The number of ether oxygens (including phenoxy) is 1. The summed E-state index contributed by atoms with van der Waals surface area (Å²) in [6.45, 7) is 10.0. The van der Waals surface area contributed by atoms with Crippen molar-refractivity contribution in [2.75, 3.05) is 39.9 Å². The fraction of sp³-hybridized carbons (Fsp3) is 0.778. The normalized spacial score (nSPS) is 16.3. The van der Waals surface area contributed by atoms with Crippen LogP contribution in [-0.2, 0) is 17.7 Å². The molecule has 0 unspecified atom stereocenters. The number of guanidine groups is 1. The average Bonchev–Trinajstić information content (AvgIpc) is 3.10. The van der Waals surface area contributed by atoms with Crippen LogP contribution in [0.3, 0.4) is 0 Å². The highest BCUT2D eigenvalue weighted by molar-refractivity contribution is 14.0. The summed E-state index contributed by atoms with van der Waals surface area (Å²) < 4.78 is 5.14. The Hall–Kier alpha value is -0.450. The molecule has 2 heterocycles. The number of aromatic nitrogens is 1. The van der Waals surface area contributed by atoms with Gasteiger partial charge >= 0.3 is 0 Å². The van der Waals surface area contributed by atoms with E-state index in [-0.39, 0.29) is 24.0 Å². The minimum Gasteiger partial charge on any atom is -0.385 e. The van der Waals surface area contributed by atoms with Gasteiger partial charge in [-0.1, -0.05) is 6.92 Å². The van der Waals surface area contributed by atoms with Crippen molar-refractivity contribution in [3.8, 4) is 0 Å². The van der Waals surface area contributed by atoms with Crippen molar-refractivity contribution >= 4 is 41.3 Å². The topological polar surface area (TPSA) is 61.8 Å². The molecule has 150 valence electrons. The van der Waals surface area contributed by atoms with Gasteiger partial charge in [0.05, 0.1) is 17.2 Å².